The van der Waals surface area contributed by atoms with Gasteiger partial charge in [-0.2, -0.15) is 0 Å². The normalized spacial score (nSPS) is 27.9. The highest BCUT2D eigenvalue weighted by Gasteiger charge is 2.20. The molecule has 2 atom stereocenters. The Kier molecular flexibility index (Phi) is 6.10. The van der Waals surface area contributed by atoms with Crippen molar-refractivity contribution >= 4 is 0 Å². The standard InChI is InChI=1S/C10H21NO3/c1-9-10(3-2-4-11-9)14-8-7-13-6-5-12/h9-12H,2-8H2,1H3. The van der Waals surface area contributed by atoms with E-state index in [0.717, 1.165) is 13.0 Å². The van der Waals surface area contributed by atoms with Gasteiger partial charge in [-0.05, 0) is 26.3 Å². The third-order valence-corrected chi connectivity index (χ3v) is 2.48. The molecule has 4 heteroatoms. The molecule has 14 heavy (non-hydrogen) atoms. The van der Waals surface area contributed by atoms with Crippen molar-refractivity contribution in [1.82, 2.24) is 5.32 Å². The van der Waals surface area contributed by atoms with Crippen LogP contribution >= 0.6 is 0 Å². The van der Waals surface area contributed by atoms with Crippen molar-refractivity contribution in [2.75, 3.05) is 33.0 Å². The lowest BCUT2D eigenvalue weighted by Gasteiger charge is -2.29. The monoisotopic (exact) mass is 203 g/mol. The predicted octanol–water partition coefficient (Wildman–Crippen LogP) is 0.152. The van der Waals surface area contributed by atoms with Gasteiger partial charge in [0, 0.05) is 6.04 Å². The van der Waals surface area contributed by atoms with Crippen molar-refractivity contribution < 1.29 is 14.6 Å². The van der Waals surface area contributed by atoms with Crippen LogP contribution in [0, 0.1) is 0 Å². The zero-order valence-corrected chi connectivity index (χ0v) is 8.87. The van der Waals surface area contributed by atoms with Gasteiger partial charge >= 0.3 is 0 Å². The summed E-state index contributed by atoms with van der Waals surface area (Å²) in [4.78, 5) is 0. The predicted molar refractivity (Wildman–Crippen MR) is 54.3 cm³/mol. The molecule has 1 saturated heterocycles. The molecule has 0 aromatic rings. The molecule has 4 nitrogen and oxygen atoms in total. The van der Waals surface area contributed by atoms with Crippen molar-refractivity contribution in [3.05, 3.63) is 0 Å². The summed E-state index contributed by atoms with van der Waals surface area (Å²) in [6.45, 7) is 4.93. The van der Waals surface area contributed by atoms with Crippen LogP contribution in [0.3, 0.4) is 0 Å². The third-order valence-electron chi connectivity index (χ3n) is 2.48. The van der Waals surface area contributed by atoms with E-state index in [0.29, 0.717) is 32.0 Å². The van der Waals surface area contributed by atoms with Gasteiger partial charge in [0.05, 0.1) is 32.5 Å². The van der Waals surface area contributed by atoms with E-state index in [9.17, 15) is 0 Å². The van der Waals surface area contributed by atoms with Crippen LogP contribution in [-0.4, -0.2) is 50.2 Å². The van der Waals surface area contributed by atoms with Gasteiger partial charge in [-0.3, -0.25) is 0 Å². The Hall–Kier alpha value is -0.160. The highest BCUT2D eigenvalue weighted by molar-refractivity contribution is 4.77. The van der Waals surface area contributed by atoms with Gasteiger partial charge in [0.2, 0.25) is 0 Å². The summed E-state index contributed by atoms with van der Waals surface area (Å²) in [5.74, 6) is 0. The molecule has 1 fully saturated rings. The first kappa shape index (κ1) is 11.9. The number of piperidine rings is 1. The molecule has 2 unspecified atom stereocenters. The smallest absolute Gasteiger partial charge is 0.0726 e. The summed E-state index contributed by atoms with van der Waals surface area (Å²) in [5, 5.41) is 11.9. The average molecular weight is 203 g/mol. The molecule has 1 aliphatic rings. The molecule has 0 aliphatic carbocycles. The molecule has 0 aromatic carbocycles. The first-order valence-electron chi connectivity index (χ1n) is 5.38. The fourth-order valence-electron chi connectivity index (χ4n) is 1.67. The molecule has 1 rings (SSSR count). The molecule has 0 aromatic heterocycles. The van der Waals surface area contributed by atoms with E-state index in [1.54, 1.807) is 0 Å². The van der Waals surface area contributed by atoms with E-state index in [2.05, 4.69) is 12.2 Å². The number of ether oxygens (including phenoxy) is 2. The van der Waals surface area contributed by atoms with Gasteiger partial charge in [-0.25, -0.2) is 0 Å². The highest BCUT2D eigenvalue weighted by Crippen LogP contribution is 2.11. The number of rotatable bonds is 6. The van der Waals surface area contributed by atoms with Crippen molar-refractivity contribution in [1.29, 1.82) is 0 Å². The molecule has 1 heterocycles. The number of aliphatic hydroxyl groups excluding tert-OH is 1. The van der Waals surface area contributed by atoms with Crippen LogP contribution in [-0.2, 0) is 9.47 Å². The summed E-state index contributed by atoms with van der Waals surface area (Å²) >= 11 is 0. The maximum absolute atomic E-state index is 8.48. The van der Waals surface area contributed by atoms with E-state index < -0.39 is 0 Å². The third kappa shape index (κ3) is 4.37. The second-order valence-electron chi connectivity index (χ2n) is 3.63. The van der Waals surface area contributed by atoms with Crippen molar-refractivity contribution in [2.45, 2.75) is 31.9 Å². The van der Waals surface area contributed by atoms with Gasteiger partial charge in [-0.15, -0.1) is 0 Å². The molecule has 2 N–H and O–H groups in total. The van der Waals surface area contributed by atoms with E-state index in [4.69, 9.17) is 14.6 Å². The van der Waals surface area contributed by atoms with Crippen LogP contribution in [0.25, 0.3) is 0 Å². The second-order valence-corrected chi connectivity index (χ2v) is 3.63. The first-order chi connectivity index (χ1) is 6.84. The van der Waals surface area contributed by atoms with Crippen LogP contribution in [0.4, 0.5) is 0 Å². The van der Waals surface area contributed by atoms with Crippen molar-refractivity contribution in [3.8, 4) is 0 Å². The Morgan fingerprint density at radius 2 is 2.21 bits per heavy atom. The summed E-state index contributed by atoms with van der Waals surface area (Å²) in [7, 11) is 0. The Morgan fingerprint density at radius 3 is 2.93 bits per heavy atom. The van der Waals surface area contributed by atoms with E-state index >= 15 is 0 Å². The lowest BCUT2D eigenvalue weighted by atomic mass is 10.0. The zero-order valence-electron chi connectivity index (χ0n) is 8.87. The van der Waals surface area contributed by atoms with E-state index in [1.165, 1.54) is 6.42 Å². The number of hydrogen-bond acceptors (Lipinski definition) is 4. The summed E-state index contributed by atoms with van der Waals surface area (Å²) < 4.78 is 10.8. The van der Waals surface area contributed by atoms with Crippen molar-refractivity contribution in [3.63, 3.8) is 0 Å². The van der Waals surface area contributed by atoms with Crippen molar-refractivity contribution in [2.24, 2.45) is 0 Å². The molecule has 0 spiro atoms. The highest BCUT2D eigenvalue weighted by atomic mass is 16.5. The van der Waals surface area contributed by atoms with Crippen LogP contribution in [0.15, 0.2) is 0 Å². The summed E-state index contributed by atoms with van der Waals surface area (Å²) in [6.07, 6.45) is 2.64. The van der Waals surface area contributed by atoms with Crippen LogP contribution < -0.4 is 5.32 Å². The molecule has 0 saturated carbocycles. The quantitative estimate of drug-likeness (QED) is 0.603. The average Bonchev–Trinajstić information content (AvgIpc) is 2.20. The lowest BCUT2D eigenvalue weighted by Crippen LogP contribution is -2.44. The Balaban J connectivity index is 1.99. The van der Waals surface area contributed by atoms with Gasteiger partial charge in [0.15, 0.2) is 0 Å². The Morgan fingerprint density at radius 1 is 1.36 bits per heavy atom. The number of nitrogens with one attached hydrogen (secondary N) is 1. The Bertz CT molecular complexity index is 143. The van der Waals surface area contributed by atoms with E-state index in [1.807, 2.05) is 0 Å². The first-order valence-corrected chi connectivity index (χ1v) is 5.38. The number of aliphatic hydroxyl groups is 1. The zero-order chi connectivity index (χ0) is 10.2. The van der Waals surface area contributed by atoms with Crippen LogP contribution in [0.1, 0.15) is 19.8 Å². The summed E-state index contributed by atoms with van der Waals surface area (Å²) in [5.41, 5.74) is 0. The van der Waals surface area contributed by atoms with Gasteiger partial charge < -0.3 is 19.9 Å². The van der Waals surface area contributed by atoms with Gasteiger partial charge in [0.25, 0.3) is 0 Å². The molecule has 84 valence electrons. The maximum Gasteiger partial charge on any atom is 0.0726 e. The minimum absolute atomic E-state index is 0.0847. The minimum Gasteiger partial charge on any atom is -0.394 e. The molecular formula is C10H21NO3. The molecular weight excluding hydrogens is 182 g/mol. The molecule has 0 bridgehead atoms. The SMILES string of the molecule is CC1NCCCC1OCCOCCO. The van der Waals surface area contributed by atoms with Gasteiger partial charge in [0.1, 0.15) is 0 Å². The lowest BCUT2D eigenvalue weighted by molar-refractivity contribution is -0.0248. The molecule has 1 aliphatic heterocycles. The van der Waals surface area contributed by atoms with Crippen LogP contribution in [0.5, 0.6) is 0 Å². The summed E-state index contributed by atoms with van der Waals surface area (Å²) in [6, 6.07) is 0.446. The topological polar surface area (TPSA) is 50.7 Å². The maximum atomic E-state index is 8.48. The molecule has 0 amide bonds. The fourth-order valence-corrected chi connectivity index (χ4v) is 1.67. The fraction of sp³-hybridized carbons (Fsp3) is 1.00. The van der Waals surface area contributed by atoms with Crippen LogP contribution in [0.2, 0.25) is 0 Å². The molecule has 0 radical (unpaired) electrons. The second kappa shape index (κ2) is 7.17. The van der Waals surface area contributed by atoms with Gasteiger partial charge in [-0.1, -0.05) is 0 Å². The van der Waals surface area contributed by atoms with E-state index in [-0.39, 0.29) is 6.61 Å². The number of hydrogen-bond donors (Lipinski definition) is 2. The largest absolute Gasteiger partial charge is 0.394 e. The Labute approximate surface area is 85.6 Å². The minimum atomic E-state index is 0.0847.